The second-order valence-corrected chi connectivity index (χ2v) is 5.24. The van der Waals surface area contributed by atoms with Gasteiger partial charge in [-0.05, 0) is 12.1 Å². The molecule has 0 aliphatic carbocycles. The van der Waals surface area contributed by atoms with Crippen molar-refractivity contribution in [3.8, 4) is 5.88 Å². The number of ether oxygens (including phenoxy) is 1. The molecule has 2 rings (SSSR count). The molecule has 7 nitrogen and oxygen atoms in total. The number of hydrogen-bond donors (Lipinski definition) is 3. The molecule has 4 N–H and O–H groups in total. The number of pyridine rings is 1. The number of carbonyl (C=O) groups excluding carboxylic acids is 2. The number of halogens is 1. The molecule has 8 heteroatoms. The highest BCUT2D eigenvalue weighted by atomic mass is 19.1. The molecule has 0 spiro atoms. The third-order valence-electron chi connectivity index (χ3n) is 3.51. The Bertz CT molecular complexity index is 754. The summed E-state index contributed by atoms with van der Waals surface area (Å²) >= 11 is 0. The predicted octanol–water partition coefficient (Wildman–Crippen LogP) is 1.65. The average molecular weight is 346 g/mol. The monoisotopic (exact) mass is 346 g/mol. The van der Waals surface area contributed by atoms with Crippen LogP contribution in [0.15, 0.2) is 42.6 Å². The fraction of sp³-hybridized carbons (Fsp3) is 0.235. The normalized spacial score (nSPS) is 11.4. The maximum Gasteiger partial charge on any atom is 0.312 e. The van der Waals surface area contributed by atoms with Crippen molar-refractivity contribution >= 4 is 11.9 Å². The Morgan fingerprint density at radius 3 is 2.72 bits per heavy atom. The Morgan fingerprint density at radius 1 is 1.28 bits per heavy atom. The second kappa shape index (κ2) is 8.62. The van der Waals surface area contributed by atoms with Gasteiger partial charge in [-0.2, -0.15) is 0 Å². The van der Waals surface area contributed by atoms with E-state index in [9.17, 15) is 14.0 Å². The van der Waals surface area contributed by atoms with Crippen LogP contribution in [0.5, 0.6) is 5.88 Å². The molecule has 1 aromatic heterocycles. The molecular weight excluding hydrogens is 327 g/mol. The molecule has 1 aromatic carbocycles. The summed E-state index contributed by atoms with van der Waals surface area (Å²) in [6.45, 7) is 0.191. The summed E-state index contributed by atoms with van der Waals surface area (Å²) in [4.78, 5) is 27.4. The summed E-state index contributed by atoms with van der Waals surface area (Å²) < 4.78 is 19.1. The van der Waals surface area contributed by atoms with E-state index in [0.29, 0.717) is 11.4 Å². The predicted molar refractivity (Wildman–Crippen MR) is 89.1 cm³/mol. The van der Waals surface area contributed by atoms with E-state index in [2.05, 4.69) is 15.6 Å². The summed E-state index contributed by atoms with van der Waals surface area (Å²) in [5.41, 5.74) is 6.02. The van der Waals surface area contributed by atoms with E-state index in [0.717, 1.165) is 0 Å². The fourth-order valence-corrected chi connectivity index (χ4v) is 2.36. The first-order valence-electron chi connectivity index (χ1n) is 7.56. The smallest absolute Gasteiger partial charge is 0.312 e. The van der Waals surface area contributed by atoms with E-state index in [1.807, 2.05) is 0 Å². The highest BCUT2D eigenvalue weighted by Crippen LogP contribution is 2.20. The van der Waals surface area contributed by atoms with Crippen molar-refractivity contribution in [3.05, 3.63) is 59.5 Å². The number of urea groups is 1. The summed E-state index contributed by atoms with van der Waals surface area (Å²) in [5, 5.41) is 5.08. The topological polar surface area (TPSA) is 106 Å². The minimum absolute atomic E-state index is 0.160. The maximum absolute atomic E-state index is 13.9. The number of nitrogens with two attached hydrogens (primary N) is 1. The highest BCUT2D eigenvalue weighted by Gasteiger charge is 2.20. The van der Waals surface area contributed by atoms with Gasteiger partial charge in [0, 0.05) is 23.9 Å². The number of carbonyl (C=O) groups is 2. The molecule has 2 aromatic rings. The minimum Gasteiger partial charge on any atom is -0.481 e. The van der Waals surface area contributed by atoms with Crippen LogP contribution in [0.1, 0.15) is 23.6 Å². The number of rotatable bonds is 7. The summed E-state index contributed by atoms with van der Waals surface area (Å²) in [7, 11) is 1.48. The van der Waals surface area contributed by atoms with Crippen LogP contribution in [-0.2, 0) is 11.3 Å². The number of benzene rings is 1. The number of primary amides is 1. The van der Waals surface area contributed by atoms with Crippen LogP contribution in [0.2, 0.25) is 0 Å². The van der Waals surface area contributed by atoms with Crippen LogP contribution >= 0.6 is 0 Å². The number of aromatic nitrogens is 1. The van der Waals surface area contributed by atoms with E-state index in [1.165, 1.54) is 25.3 Å². The molecule has 25 heavy (non-hydrogen) atoms. The van der Waals surface area contributed by atoms with Gasteiger partial charge >= 0.3 is 6.03 Å². The Morgan fingerprint density at radius 2 is 2.04 bits per heavy atom. The third-order valence-corrected chi connectivity index (χ3v) is 3.51. The molecule has 1 atom stereocenters. The number of hydrogen-bond acceptors (Lipinski definition) is 4. The zero-order chi connectivity index (χ0) is 18.2. The lowest BCUT2D eigenvalue weighted by Crippen LogP contribution is -2.37. The molecule has 3 amide bonds. The molecule has 132 valence electrons. The van der Waals surface area contributed by atoms with Crippen molar-refractivity contribution in [1.29, 1.82) is 0 Å². The molecule has 1 heterocycles. The summed E-state index contributed by atoms with van der Waals surface area (Å²) in [6, 6.07) is 7.67. The van der Waals surface area contributed by atoms with E-state index in [1.54, 1.807) is 24.4 Å². The molecular formula is C17H19FN4O3. The lowest BCUT2D eigenvalue weighted by molar-refractivity contribution is -0.121. The zero-order valence-corrected chi connectivity index (χ0v) is 13.7. The SMILES string of the molecule is COc1ncccc1CNC(=O)CC(NC(N)=O)c1ccccc1F. The van der Waals surface area contributed by atoms with Gasteiger partial charge in [-0.15, -0.1) is 0 Å². The average Bonchev–Trinajstić information content (AvgIpc) is 2.59. The van der Waals surface area contributed by atoms with Crippen LogP contribution in [0.25, 0.3) is 0 Å². The van der Waals surface area contributed by atoms with Gasteiger partial charge in [0.15, 0.2) is 0 Å². The Hall–Kier alpha value is -3.16. The fourth-order valence-electron chi connectivity index (χ4n) is 2.36. The van der Waals surface area contributed by atoms with Crippen LogP contribution in [0.4, 0.5) is 9.18 Å². The van der Waals surface area contributed by atoms with Gasteiger partial charge in [0.2, 0.25) is 11.8 Å². The molecule has 0 aliphatic heterocycles. The second-order valence-electron chi connectivity index (χ2n) is 5.24. The maximum atomic E-state index is 13.9. The largest absolute Gasteiger partial charge is 0.481 e. The van der Waals surface area contributed by atoms with Gasteiger partial charge in [-0.25, -0.2) is 14.2 Å². The van der Waals surface area contributed by atoms with E-state index in [-0.39, 0.29) is 24.4 Å². The van der Waals surface area contributed by atoms with Gasteiger partial charge < -0.3 is 21.1 Å². The number of nitrogens with zero attached hydrogens (tertiary/aromatic N) is 1. The van der Waals surface area contributed by atoms with Crippen molar-refractivity contribution in [1.82, 2.24) is 15.6 Å². The summed E-state index contributed by atoms with van der Waals surface area (Å²) in [6.07, 6.45) is 1.42. The van der Waals surface area contributed by atoms with Crippen LogP contribution in [-0.4, -0.2) is 24.0 Å². The van der Waals surface area contributed by atoms with E-state index in [4.69, 9.17) is 10.5 Å². The standard InChI is InChI=1S/C17H19FN4O3/c1-25-16-11(5-4-8-20-16)10-21-15(23)9-14(22-17(19)24)12-6-2-3-7-13(12)18/h2-8,14H,9-10H2,1H3,(H,21,23)(H3,19,22,24). The van der Waals surface area contributed by atoms with Crippen LogP contribution in [0.3, 0.4) is 0 Å². The zero-order valence-electron chi connectivity index (χ0n) is 13.7. The van der Waals surface area contributed by atoms with Crippen LogP contribution in [0, 0.1) is 5.82 Å². The van der Waals surface area contributed by atoms with Crippen molar-refractivity contribution < 1.29 is 18.7 Å². The summed E-state index contributed by atoms with van der Waals surface area (Å²) in [5.74, 6) is -0.500. The van der Waals surface area contributed by atoms with Crippen molar-refractivity contribution in [2.45, 2.75) is 19.0 Å². The molecule has 0 saturated carbocycles. The Balaban J connectivity index is 2.04. The quantitative estimate of drug-likeness (QED) is 0.708. The third kappa shape index (κ3) is 5.17. The Labute approximate surface area is 144 Å². The van der Waals surface area contributed by atoms with Crippen LogP contribution < -0.4 is 21.1 Å². The lowest BCUT2D eigenvalue weighted by Gasteiger charge is -2.18. The van der Waals surface area contributed by atoms with Gasteiger partial charge in [-0.3, -0.25) is 4.79 Å². The molecule has 0 saturated heterocycles. The lowest BCUT2D eigenvalue weighted by atomic mass is 10.0. The van der Waals surface area contributed by atoms with Crippen molar-refractivity contribution in [2.75, 3.05) is 7.11 Å². The van der Waals surface area contributed by atoms with Gasteiger partial charge in [0.25, 0.3) is 0 Å². The van der Waals surface area contributed by atoms with Crippen molar-refractivity contribution in [3.63, 3.8) is 0 Å². The number of methoxy groups -OCH3 is 1. The number of amides is 3. The van der Waals surface area contributed by atoms with E-state index >= 15 is 0 Å². The first-order chi connectivity index (χ1) is 12.0. The first kappa shape index (κ1) is 18.2. The molecule has 1 unspecified atom stereocenters. The highest BCUT2D eigenvalue weighted by molar-refractivity contribution is 5.78. The minimum atomic E-state index is -0.866. The number of nitrogens with one attached hydrogen (secondary N) is 2. The molecule has 0 aliphatic rings. The molecule has 0 fully saturated rings. The molecule has 0 bridgehead atoms. The first-order valence-corrected chi connectivity index (χ1v) is 7.56. The van der Waals surface area contributed by atoms with Gasteiger partial charge in [-0.1, -0.05) is 24.3 Å². The van der Waals surface area contributed by atoms with E-state index < -0.39 is 17.9 Å². The Kier molecular flexibility index (Phi) is 6.27. The van der Waals surface area contributed by atoms with Gasteiger partial charge in [0.05, 0.1) is 19.6 Å². The molecule has 0 radical (unpaired) electrons. The van der Waals surface area contributed by atoms with Crippen molar-refractivity contribution in [2.24, 2.45) is 5.73 Å². The van der Waals surface area contributed by atoms with Gasteiger partial charge in [0.1, 0.15) is 5.82 Å².